The third-order valence-electron chi connectivity index (χ3n) is 6.50. The topological polar surface area (TPSA) is 18.5 Å². The lowest BCUT2D eigenvalue weighted by molar-refractivity contribution is -0.106. The second kappa shape index (κ2) is 5.65. The van der Waals surface area contributed by atoms with E-state index >= 15 is 0 Å². The Morgan fingerprint density at radius 2 is 1.27 bits per heavy atom. The van der Waals surface area contributed by atoms with Crippen LogP contribution >= 0.6 is 0 Å². The highest BCUT2D eigenvalue weighted by molar-refractivity contribution is 5.48. The smallest absolute Gasteiger partial charge is 0.183 e. The fourth-order valence-corrected chi connectivity index (χ4v) is 4.14. The van der Waals surface area contributed by atoms with Gasteiger partial charge in [-0.1, -0.05) is 47.6 Å². The fourth-order valence-electron chi connectivity index (χ4n) is 4.14. The van der Waals surface area contributed by atoms with Crippen LogP contribution in [0.25, 0.3) is 0 Å². The van der Waals surface area contributed by atoms with Crippen molar-refractivity contribution >= 4 is 0 Å². The van der Waals surface area contributed by atoms with E-state index in [4.69, 9.17) is 9.47 Å². The Labute approximate surface area is 136 Å². The second-order valence-corrected chi connectivity index (χ2v) is 8.08. The highest BCUT2D eigenvalue weighted by atomic mass is 16.7. The molecule has 0 aromatic heterocycles. The third-order valence-corrected chi connectivity index (χ3v) is 6.50. The maximum Gasteiger partial charge on any atom is 0.183 e. The van der Waals surface area contributed by atoms with Crippen LogP contribution in [0.15, 0.2) is 12.1 Å². The number of hydrogen-bond acceptors (Lipinski definition) is 2. The largest absolute Gasteiger partial charge is 0.352 e. The van der Waals surface area contributed by atoms with Gasteiger partial charge in [-0.2, -0.15) is 0 Å². The number of benzene rings is 1. The molecule has 1 aliphatic rings. The first kappa shape index (κ1) is 17.5. The summed E-state index contributed by atoms with van der Waals surface area (Å²) in [7, 11) is 3.40. The molecule has 0 unspecified atom stereocenters. The van der Waals surface area contributed by atoms with E-state index in [0.29, 0.717) is 11.8 Å². The molecule has 1 aromatic carbocycles. The summed E-state index contributed by atoms with van der Waals surface area (Å²) >= 11 is 0. The number of fused-ring (bicyclic) bond motifs is 1. The lowest BCUT2D eigenvalue weighted by Gasteiger charge is -2.51. The van der Waals surface area contributed by atoms with Crippen molar-refractivity contribution in [3.05, 3.63) is 34.4 Å². The first-order valence-corrected chi connectivity index (χ1v) is 8.30. The van der Waals surface area contributed by atoms with E-state index in [2.05, 4.69) is 60.6 Å². The summed E-state index contributed by atoms with van der Waals surface area (Å²) in [5.74, 6) is 1.26. The maximum absolute atomic E-state index is 5.50. The van der Waals surface area contributed by atoms with Crippen LogP contribution in [0.1, 0.15) is 70.1 Å². The van der Waals surface area contributed by atoms with Gasteiger partial charge in [0.25, 0.3) is 0 Å². The average molecular weight is 304 g/mol. The highest BCUT2D eigenvalue weighted by Gasteiger charge is 2.47. The van der Waals surface area contributed by atoms with Gasteiger partial charge in [0.2, 0.25) is 0 Å². The Morgan fingerprint density at radius 1 is 0.864 bits per heavy atom. The summed E-state index contributed by atoms with van der Waals surface area (Å²) in [6, 6.07) is 4.69. The van der Waals surface area contributed by atoms with Gasteiger partial charge in [-0.25, -0.2) is 0 Å². The molecule has 22 heavy (non-hydrogen) atoms. The van der Waals surface area contributed by atoms with Crippen LogP contribution < -0.4 is 0 Å². The van der Waals surface area contributed by atoms with Crippen molar-refractivity contribution in [3.63, 3.8) is 0 Å². The lowest BCUT2D eigenvalue weighted by atomic mass is 9.53. The van der Waals surface area contributed by atoms with Crippen LogP contribution in [0.2, 0.25) is 0 Å². The Balaban J connectivity index is 2.72. The first-order valence-electron chi connectivity index (χ1n) is 8.30. The zero-order valence-electron chi connectivity index (χ0n) is 15.7. The van der Waals surface area contributed by atoms with Gasteiger partial charge in [0, 0.05) is 19.8 Å². The van der Waals surface area contributed by atoms with E-state index in [9.17, 15) is 0 Å². The molecule has 0 amide bonds. The van der Waals surface area contributed by atoms with Crippen molar-refractivity contribution in [2.24, 2.45) is 11.8 Å². The van der Waals surface area contributed by atoms with E-state index < -0.39 is 0 Å². The summed E-state index contributed by atoms with van der Waals surface area (Å²) in [5.41, 5.74) is 5.66. The van der Waals surface area contributed by atoms with Crippen LogP contribution in [0, 0.1) is 18.8 Å². The van der Waals surface area contributed by atoms with Crippen molar-refractivity contribution < 1.29 is 9.47 Å². The normalized spacial score (nSPS) is 26.1. The Hall–Kier alpha value is -0.860. The summed E-state index contributed by atoms with van der Waals surface area (Å²) in [4.78, 5) is 0. The standard InChI is InChI=1S/C20H32O2/c1-12-10-16-17(11-15(12)18(21-8)22-9)20(6,7)14(3)13(2)19(16,4)5/h10-11,13-14,18H,1-9H3/t13-,14+/m0/s1. The van der Waals surface area contributed by atoms with E-state index in [0.717, 1.165) is 5.56 Å². The molecule has 0 aliphatic heterocycles. The molecular weight excluding hydrogens is 272 g/mol. The Kier molecular flexibility index (Phi) is 4.49. The van der Waals surface area contributed by atoms with Crippen LogP contribution in [0.5, 0.6) is 0 Å². The average Bonchev–Trinajstić information content (AvgIpc) is 2.46. The van der Waals surface area contributed by atoms with E-state index in [1.807, 2.05) is 0 Å². The van der Waals surface area contributed by atoms with Crippen LogP contribution in [0.4, 0.5) is 0 Å². The molecule has 2 rings (SSSR count). The molecule has 0 bridgehead atoms. The molecule has 0 spiro atoms. The van der Waals surface area contributed by atoms with Crippen molar-refractivity contribution in [2.75, 3.05) is 14.2 Å². The van der Waals surface area contributed by atoms with Gasteiger partial charge in [0.15, 0.2) is 6.29 Å². The van der Waals surface area contributed by atoms with Gasteiger partial charge in [-0.15, -0.1) is 0 Å². The third kappa shape index (κ3) is 2.41. The summed E-state index contributed by atoms with van der Waals surface area (Å²) < 4.78 is 11.0. The minimum atomic E-state index is -0.293. The summed E-state index contributed by atoms with van der Waals surface area (Å²) in [6.07, 6.45) is -0.293. The SMILES string of the molecule is COC(OC)c1cc2c(cc1C)C(C)(C)[C@@H](C)[C@@H](C)C2(C)C. The van der Waals surface area contributed by atoms with Crippen LogP contribution in [0.3, 0.4) is 0 Å². The second-order valence-electron chi connectivity index (χ2n) is 8.08. The van der Waals surface area contributed by atoms with Crippen molar-refractivity contribution in [1.82, 2.24) is 0 Å². The zero-order valence-corrected chi connectivity index (χ0v) is 15.7. The van der Waals surface area contributed by atoms with Gasteiger partial charge in [0.05, 0.1) is 0 Å². The molecule has 0 saturated carbocycles. The molecule has 1 aliphatic carbocycles. The zero-order chi connectivity index (χ0) is 16.9. The highest BCUT2D eigenvalue weighted by Crippen LogP contribution is 2.53. The monoisotopic (exact) mass is 304 g/mol. The minimum Gasteiger partial charge on any atom is -0.352 e. The van der Waals surface area contributed by atoms with Gasteiger partial charge in [0.1, 0.15) is 0 Å². The quantitative estimate of drug-likeness (QED) is 0.721. The molecular formula is C20H32O2. The molecule has 0 N–H and O–H groups in total. The van der Waals surface area contributed by atoms with Crippen LogP contribution in [-0.2, 0) is 20.3 Å². The molecule has 1 aromatic rings. The molecule has 0 fully saturated rings. The molecule has 0 saturated heterocycles. The van der Waals surface area contributed by atoms with E-state index in [1.165, 1.54) is 16.7 Å². The predicted molar refractivity (Wildman–Crippen MR) is 92.3 cm³/mol. The maximum atomic E-state index is 5.50. The van der Waals surface area contributed by atoms with Crippen molar-refractivity contribution in [2.45, 2.75) is 65.6 Å². The van der Waals surface area contributed by atoms with Crippen LogP contribution in [-0.4, -0.2) is 14.2 Å². The number of methoxy groups -OCH3 is 2. The number of hydrogen-bond donors (Lipinski definition) is 0. The summed E-state index contributed by atoms with van der Waals surface area (Å²) in [5, 5.41) is 0. The lowest BCUT2D eigenvalue weighted by Crippen LogP contribution is -2.47. The Bertz CT molecular complexity index is 553. The number of aryl methyl sites for hydroxylation is 1. The van der Waals surface area contributed by atoms with Crippen molar-refractivity contribution in [1.29, 1.82) is 0 Å². The molecule has 2 nitrogen and oxygen atoms in total. The van der Waals surface area contributed by atoms with Gasteiger partial charge in [-0.3, -0.25) is 0 Å². The summed E-state index contributed by atoms with van der Waals surface area (Å²) in [6.45, 7) is 16.4. The van der Waals surface area contributed by atoms with E-state index in [1.54, 1.807) is 14.2 Å². The molecule has 0 radical (unpaired) electrons. The predicted octanol–water partition coefficient (Wildman–Crippen LogP) is 5.13. The first-order chi connectivity index (χ1) is 10.1. The number of rotatable bonds is 3. The van der Waals surface area contributed by atoms with Gasteiger partial charge >= 0.3 is 0 Å². The molecule has 124 valence electrons. The number of ether oxygens (including phenoxy) is 2. The fraction of sp³-hybridized carbons (Fsp3) is 0.700. The van der Waals surface area contributed by atoms with Gasteiger partial charge in [-0.05, 0) is 52.3 Å². The van der Waals surface area contributed by atoms with Gasteiger partial charge < -0.3 is 9.47 Å². The molecule has 2 heteroatoms. The van der Waals surface area contributed by atoms with Crippen molar-refractivity contribution in [3.8, 4) is 0 Å². The molecule has 2 atom stereocenters. The Morgan fingerprint density at radius 3 is 1.68 bits per heavy atom. The minimum absolute atomic E-state index is 0.152. The van der Waals surface area contributed by atoms with E-state index in [-0.39, 0.29) is 17.1 Å². The molecule has 0 heterocycles.